The first-order valence-electron chi connectivity index (χ1n) is 9.86. The van der Waals surface area contributed by atoms with Crippen LogP contribution in [-0.2, 0) is 7.05 Å². The Balaban J connectivity index is 1.45. The number of carbonyl (C=O) groups excluding carboxylic acids is 1. The van der Waals surface area contributed by atoms with Crippen LogP contribution in [0, 0.1) is 0 Å². The molecular weight excluding hydrogens is 481 g/mol. The van der Waals surface area contributed by atoms with E-state index in [1.807, 2.05) is 29.8 Å². The van der Waals surface area contributed by atoms with Gasteiger partial charge < -0.3 is 15.2 Å². The zero-order chi connectivity index (χ0) is 23.4. The summed E-state index contributed by atoms with van der Waals surface area (Å²) in [5.41, 5.74) is 2.81. The molecule has 0 fully saturated rings. The van der Waals surface area contributed by atoms with E-state index in [1.54, 1.807) is 60.7 Å². The molecule has 0 aliphatic rings. The maximum absolute atomic E-state index is 12.2. The molecule has 0 saturated carbocycles. The third kappa shape index (κ3) is 5.54. The Hall–Kier alpha value is -3.32. The monoisotopic (exact) mass is 497 g/mol. The van der Waals surface area contributed by atoms with Crippen molar-refractivity contribution in [2.75, 3.05) is 10.6 Å². The van der Waals surface area contributed by atoms with E-state index < -0.39 is 0 Å². The van der Waals surface area contributed by atoms with E-state index in [4.69, 9.17) is 34.8 Å². The van der Waals surface area contributed by atoms with Crippen LogP contribution in [0.1, 0.15) is 11.4 Å². The van der Waals surface area contributed by atoms with Crippen molar-refractivity contribution in [2.24, 2.45) is 7.05 Å². The van der Waals surface area contributed by atoms with Crippen molar-refractivity contribution in [2.45, 2.75) is 0 Å². The van der Waals surface area contributed by atoms with Crippen LogP contribution in [0.15, 0.2) is 66.7 Å². The molecule has 0 saturated heterocycles. The number of rotatable bonds is 5. The number of carbonyl (C=O) groups is 1. The number of nitrogens with zero attached hydrogens (tertiary/aromatic N) is 3. The van der Waals surface area contributed by atoms with Gasteiger partial charge in [0.15, 0.2) is 11.6 Å². The molecule has 2 N–H and O–H groups in total. The van der Waals surface area contributed by atoms with E-state index in [9.17, 15) is 4.79 Å². The van der Waals surface area contributed by atoms with Crippen LogP contribution in [-0.4, -0.2) is 20.8 Å². The van der Waals surface area contributed by atoms with Gasteiger partial charge in [0.25, 0.3) is 0 Å². The first kappa shape index (κ1) is 22.9. The number of hydrogen-bond acceptors (Lipinski definition) is 3. The molecule has 1 heterocycles. The number of urea groups is 1. The zero-order valence-corrected chi connectivity index (χ0v) is 19.7. The van der Waals surface area contributed by atoms with Crippen molar-refractivity contribution >= 4 is 64.4 Å². The van der Waals surface area contributed by atoms with Gasteiger partial charge in [-0.25, -0.2) is 4.79 Å². The minimum absolute atomic E-state index is 0.366. The highest BCUT2D eigenvalue weighted by molar-refractivity contribution is 6.37. The lowest BCUT2D eigenvalue weighted by Gasteiger charge is -2.09. The molecule has 4 rings (SSSR count). The fraction of sp³-hybridized carbons (Fsp3) is 0.0417. The summed E-state index contributed by atoms with van der Waals surface area (Å²) in [6.07, 6.45) is 3.61. The van der Waals surface area contributed by atoms with Crippen molar-refractivity contribution < 1.29 is 4.79 Å². The first-order valence-corrected chi connectivity index (χ1v) is 11.0. The van der Waals surface area contributed by atoms with E-state index in [0.29, 0.717) is 38.1 Å². The summed E-state index contributed by atoms with van der Waals surface area (Å²) in [7, 11) is 1.87. The number of aromatic nitrogens is 3. The van der Waals surface area contributed by atoms with Crippen LogP contribution < -0.4 is 10.6 Å². The predicted molar refractivity (Wildman–Crippen MR) is 136 cm³/mol. The van der Waals surface area contributed by atoms with Gasteiger partial charge >= 0.3 is 6.03 Å². The smallest absolute Gasteiger partial charge is 0.311 e. The molecule has 9 heteroatoms. The second-order valence-corrected chi connectivity index (χ2v) is 8.33. The molecular formula is C24H18Cl3N5O. The van der Waals surface area contributed by atoms with Gasteiger partial charge in [-0.1, -0.05) is 46.9 Å². The lowest BCUT2D eigenvalue weighted by molar-refractivity contribution is 0.262. The molecule has 0 spiro atoms. The molecule has 4 aromatic rings. The van der Waals surface area contributed by atoms with Crippen molar-refractivity contribution in [3.8, 4) is 11.4 Å². The lowest BCUT2D eigenvalue weighted by Crippen LogP contribution is -2.19. The summed E-state index contributed by atoms with van der Waals surface area (Å²) in [6.45, 7) is 0. The molecule has 1 aromatic heterocycles. The fourth-order valence-corrected chi connectivity index (χ4v) is 3.84. The zero-order valence-electron chi connectivity index (χ0n) is 17.4. The van der Waals surface area contributed by atoms with Crippen molar-refractivity contribution in [3.05, 3.63) is 93.2 Å². The van der Waals surface area contributed by atoms with E-state index in [-0.39, 0.29) is 6.03 Å². The highest BCUT2D eigenvalue weighted by atomic mass is 35.5. The van der Waals surface area contributed by atoms with E-state index in [0.717, 1.165) is 11.1 Å². The first-order chi connectivity index (χ1) is 15.9. The van der Waals surface area contributed by atoms with Crippen molar-refractivity contribution in [3.63, 3.8) is 0 Å². The van der Waals surface area contributed by atoms with Gasteiger partial charge in [-0.05, 0) is 66.7 Å². The number of benzene rings is 3. The fourth-order valence-electron chi connectivity index (χ4n) is 3.13. The Kier molecular flexibility index (Phi) is 6.99. The molecule has 0 atom stereocenters. The largest absolute Gasteiger partial charge is 0.323 e. The maximum Gasteiger partial charge on any atom is 0.323 e. The predicted octanol–water partition coefficient (Wildman–Crippen LogP) is 7.26. The SMILES string of the molecule is Cn1c(/C=C/c2c(Cl)cccc2Cl)nnc1-c1ccc(NC(=O)Nc2cccc(Cl)c2)cc1. The molecule has 0 bridgehead atoms. The van der Waals surface area contributed by atoms with Gasteiger partial charge in [0, 0.05) is 44.6 Å². The van der Waals surface area contributed by atoms with Crippen LogP contribution in [0.4, 0.5) is 16.2 Å². The Morgan fingerprint density at radius 3 is 2.21 bits per heavy atom. The van der Waals surface area contributed by atoms with Gasteiger partial charge in [0.1, 0.15) is 0 Å². The van der Waals surface area contributed by atoms with Gasteiger partial charge in [0.05, 0.1) is 0 Å². The summed E-state index contributed by atoms with van der Waals surface area (Å²) < 4.78 is 1.86. The second-order valence-electron chi connectivity index (χ2n) is 7.08. The number of halogens is 3. The molecule has 0 unspecified atom stereocenters. The number of hydrogen-bond donors (Lipinski definition) is 2. The third-order valence-corrected chi connectivity index (χ3v) is 5.69. The normalized spacial score (nSPS) is 11.0. The van der Waals surface area contributed by atoms with Crippen LogP contribution in [0.2, 0.25) is 15.1 Å². The van der Waals surface area contributed by atoms with E-state index in [1.165, 1.54) is 0 Å². The highest BCUT2D eigenvalue weighted by Gasteiger charge is 2.10. The molecule has 2 amide bonds. The standard InChI is InChI=1S/C24H18Cl3N5O/c1-32-22(13-12-19-20(26)6-3-7-21(19)27)30-31-23(32)15-8-10-17(11-9-15)28-24(33)29-18-5-2-4-16(25)14-18/h2-14H,1H3,(H2,28,29,33)/b13-12+. The Morgan fingerprint density at radius 2 is 1.52 bits per heavy atom. The third-order valence-electron chi connectivity index (χ3n) is 4.79. The molecule has 3 aromatic carbocycles. The summed E-state index contributed by atoms with van der Waals surface area (Å²) in [5.74, 6) is 1.32. The van der Waals surface area contributed by atoms with Crippen molar-refractivity contribution in [1.82, 2.24) is 14.8 Å². The average Bonchev–Trinajstić information content (AvgIpc) is 3.14. The van der Waals surface area contributed by atoms with Gasteiger partial charge in [-0.15, -0.1) is 10.2 Å². The quantitative estimate of drug-likeness (QED) is 0.304. The number of anilines is 2. The van der Waals surface area contributed by atoms with E-state index >= 15 is 0 Å². The number of amides is 2. The van der Waals surface area contributed by atoms with Gasteiger partial charge in [-0.2, -0.15) is 0 Å². The average molecular weight is 499 g/mol. The minimum Gasteiger partial charge on any atom is -0.311 e. The highest BCUT2D eigenvalue weighted by Crippen LogP contribution is 2.27. The summed E-state index contributed by atoms with van der Waals surface area (Å²) in [6, 6.07) is 19.2. The molecule has 6 nitrogen and oxygen atoms in total. The van der Waals surface area contributed by atoms with Crippen LogP contribution in [0.5, 0.6) is 0 Å². The Morgan fingerprint density at radius 1 is 0.848 bits per heavy atom. The van der Waals surface area contributed by atoms with Crippen LogP contribution in [0.25, 0.3) is 23.5 Å². The Labute approximate surface area is 205 Å². The summed E-state index contributed by atoms with van der Waals surface area (Å²) >= 11 is 18.4. The molecule has 0 aliphatic carbocycles. The molecule has 33 heavy (non-hydrogen) atoms. The molecule has 0 radical (unpaired) electrons. The number of nitrogens with one attached hydrogen (secondary N) is 2. The molecule has 0 aliphatic heterocycles. The minimum atomic E-state index is -0.366. The van der Waals surface area contributed by atoms with E-state index in [2.05, 4.69) is 20.8 Å². The van der Waals surface area contributed by atoms with Crippen molar-refractivity contribution in [1.29, 1.82) is 0 Å². The lowest BCUT2D eigenvalue weighted by atomic mass is 10.2. The van der Waals surface area contributed by atoms with Crippen LogP contribution in [0.3, 0.4) is 0 Å². The van der Waals surface area contributed by atoms with Gasteiger partial charge in [0.2, 0.25) is 0 Å². The second kappa shape index (κ2) is 10.1. The summed E-state index contributed by atoms with van der Waals surface area (Å²) in [4.78, 5) is 12.2. The topological polar surface area (TPSA) is 71.8 Å². The van der Waals surface area contributed by atoms with Crippen LogP contribution >= 0.6 is 34.8 Å². The Bertz CT molecular complexity index is 1310. The maximum atomic E-state index is 12.2. The summed E-state index contributed by atoms with van der Waals surface area (Å²) in [5, 5.41) is 15.7. The molecule has 166 valence electrons. The van der Waals surface area contributed by atoms with Gasteiger partial charge in [-0.3, -0.25) is 0 Å².